The van der Waals surface area contributed by atoms with Crippen molar-refractivity contribution in [1.29, 1.82) is 0 Å². The number of ether oxygens (including phenoxy) is 1. The Morgan fingerprint density at radius 1 is 1.29 bits per heavy atom. The van der Waals surface area contributed by atoms with Crippen LogP contribution in [-0.2, 0) is 4.74 Å². The smallest absolute Gasteiger partial charge is 0.0599 e. The molecule has 3 heteroatoms. The Bertz CT molecular complexity index is 205. The third-order valence-corrected chi connectivity index (χ3v) is 3.43. The van der Waals surface area contributed by atoms with E-state index < -0.39 is 0 Å². The minimum Gasteiger partial charge on any atom is -0.378 e. The van der Waals surface area contributed by atoms with Gasteiger partial charge in [-0.1, -0.05) is 0 Å². The number of rotatable bonds is 5. The fraction of sp³-hybridized carbons (Fsp3) is 1.00. The molecular formula is C14H30N2O. The summed E-state index contributed by atoms with van der Waals surface area (Å²) in [5, 5.41) is 3.58. The van der Waals surface area contributed by atoms with Crippen LogP contribution in [0, 0.1) is 0 Å². The Balaban J connectivity index is 2.23. The van der Waals surface area contributed by atoms with Crippen molar-refractivity contribution in [3.8, 4) is 0 Å². The van der Waals surface area contributed by atoms with Gasteiger partial charge in [0.15, 0.2) is 0 Å². The standard InChI is InChI=1S/C14H30N2O/c1-6-17-13-7-9-16(10-8-13)12(2)11-15-14(3,4)5/h12-13,15H,6-11H2,1-5H3. The van der Waals surface area contributed by atoms with Crippen molar-refractivity contribution in [2.75, 3.05) is 26.2 Å². The van der Waals surface area contributed by atoms with Crippen LogP contribution in [0.5, 0.6) is 0 Å². The van der Waals surface area contributed by atoms with Crippen LogP contribution in [0.15, 0.2) is 0 Å². The lowest BCUT2D eigenvalue weighted by Gasteiger charge is -2.37. The van der Waals surface area contributed by atoms with Gasteiger partial charge in [-0.2, -0.15) is 0 Å². The summed E-state index contributed by atoms with van der Waals surface area (Å²) < 4.78 is 5.68. The second-order valence-corrected chi connectivity index (χ2v) is 6.17. The molecule has 1 aliphatic rings. The highest BCUT2D eigenvalue weighted by atomic mass is 16.5. The first kappa shape index (κ1) is 14.9. The molecule has 0 saturated carbocycles. The molecule has 102 valence electrons. The Morgan fingerprint density at radius 3 is 2.35 bits per heavy atom. The summed E-state index contributed by atoms with van der Waals surface area (Å²) in [7, 11) is 0. The van der Waals surface area contributed by atoms with E-state index in [2.05, 4.69) is 44.8 Å². The van der Waals surface area contributed by atoms with Gasteiger partial charge in [-0.15, -0.1) is 0 Å². The van der Waals surface area contributed by atoms with E-state index >= 15 is 0 Å². The molecule has 1 saturated heterocycles. The molecule has 0 aliphatic carbocycles. The molecular weight excluding hydrogens is 212 g/mol. The number of hydrogen-bond donors (Lipinski definition) is 1. The molecule has 17 heavy (non-hydrogen) atoms. The quantitative estimate of drug-likeness (QED) is 0.800. The monoisotopic (exact) mass is 242 g/mol. The average Bonchev–Trinajstić information content (AvgIpc) is 2.26. The van der Waals surface area contributed by atoms with E-state index in [9.17, 15) is 0 Å². The Morgan fingerprint density at radius 2 is 1.88 bits per heavy atom. The molecule has 1 atom stereocenters. The Kier molecular flexibility index (Phi) is 5.90. The maximum atomic E-state index is 5.68. The van der Waals surface area contributed by atoms with Gasteiger partial charge in [0.25, 0.3) is 0 Å². The molecule has 1 heterocycles. The maximum Gasteiger partial charge on any atom is 0.0599 e. The molecule has 0 aromatic heterocycles. The van der Waals surface area contributed by atoms with Crippen molar-refractivity contribution >= 4 is 0 Å². The molecule has 1 rings (SSSR count). The van der Waals surface area contributed by atoms with Crippen LogP contribution in [0.25, 0.3) is 0 Å². The molecule has 1 N–H and O–H groups in total. The van der Waals surface area contributed by atoms with E-state index in [1.54, 1.807) is 0 Å². The van der Waals surface area contributed by atoms with E-state index in [0.717, 1.165) is 13.2 Å². The van der Waals surface area contributed by atoms with Gasteiger partial charge in [0, 0.05) is 37.8 Å². The minimum absolute atomic E-state index is 0.220. The summed E-state index contributed by atoms with van der Waals surface area (Å²) in [6.45, 7) is 15.4. The zero-order valence-electron chi connectivity index (χ0n) is 12.3. The van der Waals surface area contributed by atoms with Gasteiger partial charge in [-0.05, 0) is 47.5 Å². The van der Waals surface area contributed by atoms with Crippen LogP contribution in [0.3, 0.4) is 0 Å². The maximum absolute atomic E-state index is 5.68. The predicted octanol–water partition coefficient (Wildman–Crippen LogP) is 2.26. The summed E-state index contributed by atoms with van der Waals surface area (Å²) in [4.78, 5) is 2.58. The fourth-order valence-corrected chi connectivity index (χ4v) is 2.30. The molecule has 1 fully saturated rings. The van der Waals surface area contributed by atoms with Crippen molar-refractivity contribution in [1.82, 2.24) is 10.2 Å². The van der Waals surface area contributed by atoms with Gasteiger partial charge in [-0.25, -0.2) is 0 Å². The van der Waals surface area contributed by atoms with E-state index in [1.807, 2.05) is 0 Å². The second-order valence-electron chi connectivity index (χ2n) is 6.17. The zero-order chi connectivity index (χ0) is 12.9. The van der Waals surface area contributed by atoms with Crippen molar-refractivity contribution in [3.63, 3.8) is 0 Å². The van der Waals surface area contributed by atoms with E-state index in [0.29, 0.717) is 12.1 Å². The van der Waals surface area contributed by atoms with Crippen molar-refractivity contribution in [3.05, 3.63) is 0 Å². The first-order chi connectivity index (χ1) is 7.92. The Labute approximate surface area is 107 Å². The number of nitrogens with one attached hydrogen (secondary N) is 1. The average molecular weight is 242 g/mol. The second kappa shape index (κ2) is 6.72. The number of piperidine rings is 1. The molecule has 3 nitrogen and oxygen atoms in total. The summed E-state index contributed by atoms with van der Waals surface area (Å²) in [5.74, 6) is 0. The third-order valence-electron chi connectivity index (χ3n) is 3.43. The van der Waals surface area contributed by atoms with Gasteiger partial charge in [-0.3, -0.25) is 4.90 Å². The van der Waals surface area contributed by atoms with Crippen LogP contribution in [0.4, 0.5) is 0 Å². The van der Waals surface area contributed by atoms with Crippen LogP contribution in [0.1, 0.15) is 47.5 Å². The molecule has 1 aliphatic heterocycles. The molecule has 0 bridgehead atoms. The first-order valence-electron chi connectivity index (χ1n) is 7.03. The first-order valence-corrected chi connectivity index (χ1v) is 7.03. The van der Waals surface area contributed by atoms with Crippen LogP contribution < -0.4 is 5.32 Å². The molecule has 0 amide bonds. The molecule has 0 aromatic carbocycles. The van der Waals surface area contributed by atoms with Gasteiger partial charge in [0.2, 0.25) is 0 Å². The lowest BCUT2D eigenvalue weighted by atomic mass is 10.0. The molecule has 0 radical (unpaired) electrons. The zero-order valence-corrected chi connectivity index (χ0v) is 12.3. The Hall–Kier alpha value is -0.120. The highest BCUT2D eigenvalue weighted by Crippen LogP contribution is 2.16. The van der Waals surface area contributed by atoms with E-state index in [1.165, 1.54) is 25.9 Å². The largest absolute Gasteiger partial charge is 0.378 e. The van der Waals surface area contributed by atoms with Gasteiger partial charge in [0.1, 0.15) is 0 Å². The van der Waals surface area contributed by atoms with E-state index in [-0.39, 0.29) is 5.54 Å². The normalized spacial score (nSPS) is 21.7. The van der Waals surface area contributed by atoms with Crippen molar-refractivity contribution in [2.45, 2.75) is 65.1 Å². The topological polar surface area (TPSA) is 24.5 Å². The summed E-state index contributed by atoms with van der Waals surface area (Å²) >= 11 is 0. The highest BCUT2D eigenvalue weighted by Gasteiger charge is 2.23. The predicted molar refractivity (Wildman–Crippen MR) is 73.4 cm³/mol. The number of hydrogen-bond acceptors (Lipinski definition) is 3. The van der Waals surface area contributed by atoms with Crippen LogP contribution in [-0.4, -0.2) is 48.8 Å². The van der Waals surface area contributed by atoms with Crippen molar-refractivity contribution in [2.24, 2.45) is 0 Å². The summed E-state index contributed by atoms with van der Waals surface area (Å²) in [5.41, 5.74) is 0.220. The lowest BCUT2D eigenvalue weighted by molar-refractivity contribution is 0.00540. The molecule has 0 aromatic rings. The number of likely N-dealkylation sites (tertiary alicyclic amines) is 1. The molecule has 0 spiro atoms. The highest BCUT2D eigenvalue weighted by molar-refractivity contribution is 4.80. The van der Waals surface area contributed by atoms with Crippen LogP contribution >= 0.6 is 0 Å². The fourth-order valence-electron chi connectivity index (χ4n) is 2.30. The van der Waals surface area contributed by atoms with Crippen molar-refractivity contribution < 1.29 is 4.74 Å². The SMILES string of the molecule is CCOC1CCN(C(C)CNC(C)(C)C)CC1. The van der Waals surface area contributed by atoms with Crippen LogP contribution in [0.2, 0.25) is 0 Å². The summed E-state index contributed by atoms with van der Waals surface area (Å²) in [6.07, 6.45) is 2.88. The minimum atomic E-state index is 0.220. The van der Waals surface area contributed by atoms with E-state index in [4.69, 9.17) is 4.74 Å². The van der Waals surface area contributed by atoms with Gasteiger partial charge < -0.3 is 10.1 Å². The van der Waals surface area contributed by atoms with Gasteiger partial charge >= 0.3 is 0 Å². The summed E-state index contributed by atoms with van der Waals surface area (Å²) in [6, 6.07) is 0.622. The number of nitrogens with zero attached hydrogens (tertiary/aromatic N) is 1. The molecule has 1 unspecified atom stereocenters. The lowest BCUT2D eigenvalue weighted by Crippen LogP contribution is -2.49. The third kappa shape index (κ3) is 5.84. The van der Waals surface area contributed by atoms with Gasteiger partial charge in [0.05, 0.1) is 6.10 Å².